The lowest BCUT2D eigenvalue weighted by Crippen LogP contribution is -2.31. The lowest BCUT2D eigenvalue weighted by molar-refractivity contribution is -0.123. The Bertz CT molecular complexity index is 673. The minimum absolute atomic E-state index is 0.0246. The molecule has 25 heavy (non-hydrogen) atoms. The van der Waals surface area contributed by atoms with Crippen LogP contribution >= 0.6 is 0 Å². The summed E-state index contributed by atoms with van der Waals surface area (Å²) in [4.78, 5) is 12.1. The molecule has 0 saturated heterocycles. The van der Waals surface area contributed by atoms with Crippen LogP contribution in [-0.2, 0) is 4.79 Å². The van der Waals surface area contributed by atoms with Crippen molar-refractivity contribution in [1.29, 1.82) is 0 Å². The molecule has 0 aliphatic rings. The number of nitrogens with one attached hydrogen (secondary N) is 1. The number of para-hydroxylation sites is 1. The van der Waals surface area contributed by atoms with Gasteiger partial charge in [0.2, 0.25) is 0 Å². The standard InChI is InChI=1S/C20H25NO4/c1-4-12-24-18-11-10-16(13-19(18)23-3)15(2)21-20(22)14-25-17-8-6-5-7-9-17/h5-11,13,15H,4,12,14H2,1-3H3,(H,21,22)/t15-/m1/s1. The van der Waals surface area contributed by atoms with Crippen molar-refractivity contribution < 1.29 is 19.0 Å². The lowest BCUT2D eigenvalue weighted by atomic mass is 10.1. The van der Waals surface area contributed by atoms with Crippen LogP contribution in [0.25, 0.3) is 0 Å². The first-order chi connectivity index (χ1) is 12.1. The highest BCUT2D eigenvalue weighted by Crippen LogP contribution is 2.30. The molecule has 0 heterocycles. The first kappa shape index (κ1) is 18.6. The normalized spacial score (nSPS) is 11.5. The summed E-state index contributed by atoms with van der Waals surface area (Å²) in [6, 6.07) is 14.8. The number of amides is 1. The van der Waals surface area contributed by atoms with Crippen LogP contribution in [0.5, 0.6) is 17.2 Å². The Hall–Kier alpha value is -2.69. The van der Waals surface area contributed by atoms with Crippen LogP contribution in [0.2, 0.25) is 0 Å². The molecule has 0 saturated carbocycles. The van der Waals surface area contributed by atoms with Crippen molar-refractivity contribution >= 4 is 5.91 Å². The molecule has 0 aliphatic carbocycles. The summed E-state index contributed by atoms with van der Waals surface area (Å²) < 4.78 is 16.5. The second kappa shape index (κ2) is 9.57. The quantitative estimate of drug-likeness (QED) is 0.753. The lowest BCUT2D eigenvalue weighted by Gasteiger charge is -2.17. The fourth-order valence-electron chi connectivity index (χ4n) is 2.32. The Labute approximate surface area is 148 Å². The summed E-state index contributed by atoms with van der Waals surface area (Å²) in [5, 5.41) is 2.92. The van der Waals surface area contributed by atoms with Gasteiger partial charge in [-0.15, -0.1) is 0 Å². The summed E-state index contributed by atoms with van der Waals surface area (Å²) in [5.74, 6) is 1.86. The van der Waals surface area contributed by atoms with Gasteiger partial charge in [0, 0.05) is 0 Å². The van der Waals surface area contributed by atoms with E-state index in [1.807, 2.05) is 55.5 Å². The van der Waals surface area contributed by atoms with Gasteiger partial charge in [0.15, 0.2) is 18.1 Å². The summed E-state index contributed by atoms with van der Waals surface area (Å²) in [6.07, 6.45) is 0.929. The van der Waals surface area contributed by atoms with Crippen molar-refractivity contribution in [2.24, 2.45) is 0 Å². The summed E-state index contributed by atoms with van der Waals surface area (Å²) in [7, 11) is 1.61. The van der Waals surface area contributed by atoms with Crippen molar-refractivity contribution in [3.63, 3.8) is 0 Å². The van der Waals surface area contributed by atoms with Crippen molar-refractivity contribution in [1.82, 2.24) is 5.32 Å². The number of ether oxygens (including phenoxy) is 3. The van der Waals surface area contributed by atoms with Crippen LogP contribution in [0.4, 0.5) is 0 Å². The summed E-state index contributed by atoms with van der Waals surface area (Å²) in [6.45, 7) is 4.58. The largest absolute Gasteiger partial charge is 0.493 e. The van der Waals surface area contributed by atoms with Crippen LogP contribution in [0, 0.1) is 0 Å². The van der Waals surface area contributed by atoms with Gasteiger partial charge in [-0.3, -0.25) is 4.79 Å². The highest BCUT2D eigenvalue weighted by Gasteiger charge is 2.13. The number of benzene rings is 2. The molecule has 2 aromatic carbocycles. The fourth-order valence-corrected chi connectivity index (χ4v) is 2.32. The van der Waals surface area contributed by atoms with Crippen LogP contribution in [0.3, 0.4) is 0 Å². The van der Waals surface area contributed by atoms with Gasteiger partial charge in [-0.25, -0.2) is 0 Å². The maximum atomic E-state index is 12.1. The highest BCUT2D eigenvalue weighted by molar-refractivity contribution is 5.78. The van der Waals surface area contributed by atoms with Crippen LogP contribution in [0.1, 0.15) is 31.9 Å². The molecule has 2 rings (SSSR count). The third-order valence-corrected chi connectivity index (χ3v) is 3.64. The molecule has 1 atom stereocenters. The fraction of sp³-hybridized carbons (Fsp3) is 0.350. The molecule has 0 aliphatic heterocycles. The number of rotatable bonds is 9. The molecule has 2 aromatic rings. The smallest absolute Gasteiger partial charge is 0.258 e. The molecule has 0 aromatic heterocycles. The van der Waals surface area contributed by atoms with Crippen LogP contribution in [-0.4, -0.2) is 26.2 Å². The zero-order valence-electron chi connectivity index (χ0n) is 15.0. The molecule has 5 heteroatoms. The van der Waals surface area contributed by atoms with E-state index < -0.39 is 0 Å². The summed E-state index contributed by atoms with van der Waals surface area (Å²) in [5.41, 5.74) is 0.939. The molecule has 0 spiro atoms. The zero-order valence-corrected chi connectivity index (χ0v) is 15.0. The van der Waals surface area contributed by atoms with Gasteiger partial charge in [0.25, 0.3) is 5.91 Å². The predicted octanol–water partition coefficient (Wildman–Crippen LogP) is 3.74. The van der Waals surface area contributed by atoms with Gasteiger partial charge in [0.1, 0.15) is 5.75 Å². The number of carbonyl (C=O) groups is 1. The molecule has 0 fully saturated rings. The maximum absolute atomic E-state index is 12.1. The molecule has 1 N–H and O–H groups in total. The SMILES string of the molecule is CCCOc1ccc([C@@H](C)NC(=O)COc2ccccc2)cc1OC. The van der Waals surface area contributed by atoms with E-state index in [2.05, 4.69) is 12.2 Å². The molecule has 0 bridgehead atoms. The van der Waals surface area contributed by atoms with E-state index in [1.54, 1.807) is 7.11 Å². The minimum atomic E-state index is -0.179. The first-order valence-electron chi connectivity index (χ1n) is 8.42. The molecule has 134 valence electrons. The monoisotopic (exact) mass is 343 g/mol. The van der Waals surface area contributed by atoms with E-state index in [0.29, 0.717) is 23.9 Å². The third kappa shape index (κ3) is 5.71. The van der Waals surface area contributed by atoms with Gasteiger partial charge < -0.3 is 19.5 Å². The molecule has 5 nitrogen and oxygen atoms in total. The van der Waals surface area contributed by atoms with Crippen LogP contribution in [0.15, 0.2) is 48.5 Å². The summed E-state index contributed by atoms with van der Waals surface area (Å²) >= 11 is 0. The molecule has 1 amide bonds. The van der Waals surface area contributed by atoms with E-state index in [9.17, 15) is 4.79 Å². The average Bonchev–Trinajstić information content (AvgIpc) is 2.65. The minimum Gasteiger partial charge on any atom is -0.493 e. The second-order valence-electron chi connectivity index (χ2n) is 5.65. The molecule has 0 radical (unpaired) electrons. The van der Waals surface area contributed by atoms with E-state index in [-0.39, 0.29) is 18.6 Å². The Morgan fingerprint density at radius 1 is 1.08 bits per heavy atom. The number of methoxy groups -OCH3 is 1. The first-order valence-corrected chi connectivity index (χ1v) is 8.42. The van der Waals surface area contributed by atoms with E-state index in [0.717, 1.165) is 12.0 Å². The van der Waals surface area contributed by atoms with Crippen molar-refractivity contribution in [3.05, 3.63) is 54.1 Å². The topological polar surface area (TPSA) is 56.8 Å². The second-order valence-corrected chi connectivity index (χ2v) is 5.65. The number of hydrogen-bond donors (Lipinski definition) is 1. The zero-order chi connectivity index (χ0) is 18.1. The van der Waals surface area contributed by atoms with Gasteiger partial charge in [0.05, 0.1) is 19.8 Å². The van der Waals surface area contributed by atoms with Gasteiger partial charge in [-0.1, -0.05) is 31.2 Å². The Morgan fingerprint density at radius 2 is 1.84 bits per heavy atom. The van der Waals surface area contributed by atoms with Gasteiger partial charge in [-0.05, 0) is 43.2 Å². The van der Waals surface area contributed by atoms with E-state index >= 15 is 0 Å². The van der Waals surface area contributed by atoms with E-state index in [1.165, 1.54) is 0 Å². The van der Waals surface area contributed by atoms with Crippen molar-refractivity contribution in [2.75, 3.05) is 20.3 Å². The maximum Gasteiger partial charge on any atom is 0.258 e. The third-order valence-electron chi connectivity index (χ3n) is 3.64. The van der Waals surface area contributed by atoms with E-state index in [4.69, 9.17) is 14.2 Å². The molecule has 0 unspecified atom stereocenters. The molecular formula is C20H25NO4. The van der Waals surface area contributed by atoms with Gasteiger partial charge >= 0.3 is 0 Å². The predicted molar refractivity (Wildman–Crippen MR) is 97.3 cm³/mol. The van der Waals surface area contributed by atoms with Crippen molar-refractivity contribution in [2.45, 2.75) is 26.3 Å². The number of hydrogen-bond acceptors (Lipinski definition) is 4. The average molecular weight is 343 g/mol. The number of carbonyl (C=O) groups excluding carboxylic acids is 1. The Balaban J connectivity index is 1.92. The Morgan fingerprint density at radius 3 is 2.52 bits per heavy atom. The Kier molecular flexibility index (Phi) is 7.14. The van der Waals surface area contributed by atoms with Gasteiger partial charge in [-0.2, -0.15) is 0 Å². The highest BCUT2D eigenvalue weighted by atomic mass is 16.5. The van der Waals surface area contributed by atoms with Crippen LogP contribution < -0.4 is 19.5 Å². The molecular weight excluding hydrogens is 318 g/mol. The van der Waals surface area contributed by atoms with Crippen molar-refractivity contribution in [3.8, 4) is 17.2 Å².